The average Bonchev–Trinajstić information content (AvgIpc) is 3.50. The van der Waals surface area contributed by atoms with Crippen molar-refractivity contribution in [3.63, 3.8) is 0 Å². The Bertz CT molecular complexity index is 1270. The molecule has 3 aromatic carbocycles. The molecule has 1 aromatic heterocycles. The predicted octanol–water partition coefficient (Wildman–Crippen LogP) is 4.27. The Kier molecular flexibility index (Phi) is 5.68. The summed E-state index contributed by atoms with van der Waals surface area (Å²) in [5.41, 5.74) is 4.01. The van der Waals surface area contributed by atoms with Crippen molar-refractivity contribution >= 4 is 5.91 Å². The molecule has 1 N–H and O–H groups in total. The number of hydrogen-bond acceptors (Lipinski definition) is 5. The van der Waals surface area contributed by atoms with Crippen LogP contribution in [0.2, 0.25) is 0 Å². The van der Waals surface area contributed by atoms with Crippen LogP contribution in [0, 0.1) is 0 Å². The SMILES string of the molecule is COc1ccc(-c2nn(Cc3ccccc3)cc2C(=O)NCc2ccc3c(c2)OCO3)cc1. The highest BCUT2D eigenvalue weighted by molar-refractivity contribution is 5.99. The quantitative estimate of drug-likeness (QED) is 0.464. The van der Waals surface area contributed by atoms with Crippen LogP contribution in [-0.4, -0.2) is 29.6 Å². The lowest BCUT2D eigenvalue weighted by Gasteiger charge is -2.07. The zero-order valence-corrected chi connectivity index (χ0v) is 18.2. The number of carbonyl (C=O) groups excluding carboxylic acids is 1. The van der Waals surface area contributed by atoms with Crippen molar-refractivity contribution in [1.29, 1.82) is 0 Å². The van der Waals surface area contributed by atoms with Gasteiger partial charge in [0.25, 0.3) is 5.91 Å². The standard InChI is InChI=1S/C26H23N3O4/c1-31-21-10-8-20(9-11-21)25-22(16-29(28-25)15-18-5-3-2-4-6-18)26(30)27-14-19-7-12-23-24(13-19)33-17-32-23/h2-13,16H,14-15,17H2,1H3,(H,27,30). The van der Waals surface area contributed by atoms with Crippen LogP contribution >= 0.6 is 0 Å². The molecule has 7 heteroatoms. The van der Waals surface area contributed by atoms with E-state index >= 15 is 0 Å². The molecule has 5 rings (SSSR count). The smallest absolute Gasteiger partial charge is 0.255 e. The van der Waals surface area contributed by atoms with Gasteiger partial charge in [0.1, 0.15) is 11.4 Å². The summed E-state index contributed by atoms with van der Waals surface area (Å²) in [5.74, 6) is 1.96. The van der Waals surface area contributed by atoms with E-state index in [-0.39, 0.29) is 12.7 Å². The Balaban J connectivity index is 1.40. The van der Waals surface area contributed by atoms with Crippen molar-refractivity contribution < 1.29 is 19.0 Å². The van der Waals surface area contributed by atoms with E-state index in [1.165, 1.54) is 0 Å². The van der Waals surface area contributed by atoms with E-state index in [2.05, 4.69) is 5.32 Å². The fourth-order valence-electron chi connectivity index (χ4n) is 3.73. The first-order valence-corrected chi connectivity index (χ1v) is 10.6. The first-order chi connectivity index (χ1) is 16.2. The molecule has 1 aliphatic rings. The topological polar surface area (TPSA) is 74.6 Å². The van der Waals surface area contributed by atoms with Crippen LogP contribution in [0.4, 0.5) is 0 Å². The van der Waals surface area contributed by atoms with Gasteiger partial charge in [-0.05, 0) is 47.5 Å². The molecule has 0 spiro atoms. The summed E-state index contributed by atoms with van der Waals surface area (Å²) in [6, 6.07) is 23.2. The third kappa shape index (κ3) is 4.52. The second-order valence-electron chi connectivity index (χ2n) is 7.67. The summed E-state index contributed by atoms with van der Waals surface area (Å²) >= 11 is 0. The third-order valence-corrected chi connectivity index (χ3v) is 5.45. The number of rotatable bonds is 7. The number of ether oxygens (including phenoxy) is 3. The van der Waals surface area contributed by atoms with Crippen LogP contribution in [0.1, 0.15) is 21.5 Å². The highest BCUT2D eigenvalue weighted by Crippen LogP contribution is 2.32. The molecule has 166 valence electrons. The van der Waals surface area contributed by atoms with Crippen molar-refractivity contribution in [2.24, 2.45) is 0 Å². The van der Waals surface area contributed by atoms with Gasteiger partial charge in [0.15, 0.2) is 11.5 Å². The Hall–Kier alpha value is -4.26. The van der Waals surface area contributed by atoms with Crippen molar-refractivity contribution in [3.8, 4) is 28.5 Å². The van der Waals surface area contributed by atoms with Gasteiger partial charge in [-0.1, -0.05) is 36.4 Å². The molecule has 2 heterocycles. The zero-order valence-electron chi connectivity index (χ0n) is 18.2. The summed E-state index contributed by atoms with van der Waals surface area (Å²) in [4.78, 5) is 13.2. The molecule has 0 atom stereocenters. The van der Waals surface area contributed by atoms with Crippen molar-refractivity contribution in [3.05, 3.63) is 95.7 Å². The van der Waals surface area contributed by atoms with Crippen molar-refractivity contribution in [2.45, 2.75) is 13.1 Å². The predicted molar refractivity (Wildman–Crippen MR) is 123 cm³/mol. The Labute approximate surface area is 191 Å². The lowest BCUT2D eigenvalue weighted by molar-refractivity contribution is 0.0951. The van der Waals surface area contributed by atoms with E-state index in [9.17, 15) is 4.79 Å². The van der Waals surface area contributed by atoms with E-state index in [1.54, 1.807) is 18.0 Å². The van der Waals surface area contributed by atoms with E-state index in [0.29, 0.717) is 35.8 Å². The Morgan fingerprint density at radius 1 is 1.00 bits per heavy atom. The molecule has 4 aromatic rings. The van der Waals surface area contributed by atoms with E-state index < -0.39 is 0 Å². The molecule has 0 saturated heterocycles. The Morgan fingerprint density at radius 2 is 1.79 bits per heavy atom. The Morgan fingerprint density at radius 3 is 2.58 bits per heavy atom. The van der Waals surface area contributed by atoms with Gasteiger partial charge < -0.3 is 19.5 Å². The number of carbonyl (C=O) groups is 1. The van der Waals surface area contributed by atoms with Gasteiger partial charge in [0.2, 0.25) is 6.79 Å². The lowest BCUT2D eigenvalue weighted by atomic mass is 10.1. The summed E-state index contributed by atoms with van der Waals surface area (Å²) < 4.78 is 17.8. The van der Waals surface area contributed by atoms with Gasteiger partial charge in [-0.15, -0.1) is 0 Å². The number of aromatic nitrogens is 2. The number of nitrogens with zero attached hydrogens (tertiary/aromatic N) is 2. The van der Waals surface area contributed by atoms with Gasteiger partial charge in [-0.25, -0.2) is 0 Å². The molecule has 0 aliphatic carbocycles. The largest absolute Gasteiger partial charge is 0.497 e. The fraction of sp³-hybridized carbons (Fsp3) is 0.154. The van der Waals surface area contributed by atoms with Crippen LogP contribution in [-0.2, 0) is 13.1 Å². The minimum absolute atomic E-state index is 0.196. The maximum Gasteiger partial charge on any atom is 0.255 e. The first-order valence-electron chi connectivity index (χ1n) is 10.6. The molecular formula is C26H23N3O4. The van der Waals surface area contributed by atoms with E-state index in [4.69, 9.17) is 19.3 Å². The van der Waals surface area contributed by atoms with Gasteiger partial charge in [0, 0.05) is 18.3 Å². The molecular weight excluding hydrogens is 418 g/mol. The number of nitrogens with one attached hydrogen (secondary N) is 1. The van der Waals surface area contributed by atoms with Crippen LogP contribution in [0.5, 0.6) is 17.2 Å². The molecule has 1 aliphatic heterocycles. The zero-order chi connectivity index (χ0) is 22.6. The second-order valence-corrected chi connectivity index (χ2v) is 7.67. The third-order valence-electron chi connectivity index (χ3n) is 5.45. The molecule has 7 nitrogen and oxygen atoms in total. The van der Waals surface area contributed by atoms with Crippen molar-refractivity contribution in [1.82, 2.24) is 15.1 Å². The molecule has 33 heavy (non-hydrogen) atoms. The monoisotopic (exact) mass is 441 g/mol. The van der Waals surface area contributed by atoms with Crippen LogP contribution < -0.4 is 19.5 Å². The normalized spacial score (nSPS) is 11.9. The number of fused-ring (bicyclic) bond motifs is 1. The number of methoxy groups -OCH3 is 1. The molecule has 0 fully saturated rings. The second kappa shape index (κ2) is 9.08. The van der Waals surface area contributed by atoms with Gasteiger partial charge in [0.05, 0.1) is 19.2 Å². The van der Waals surface area contributed by atoms with Gasteiger partial charge in [-0.3, -0.25) is 9.48 Å². The number of benzene rings is 3. The summed E-state index contributed by atoms with van der Waals surface area (Å²) in [5, 5.41) is 7.74. The molecule has 1 amide bonds. The van der Waals surface area contributed by atoms with E-state index in [1.807, 2.05) is 72.8 Å². The van der Waals surface area contributed by atoms with Crippen LogP contribution in [0.15, 0.2) is 79.0 Å². The molecule has 0 bridgehead atoms. The summed E-state index contributed by atoms with van der Waals surface area (Å²) in [6.45, 7) is 1.15. The highest BCUT2D eigenvalue weighted by Gasteiger charge is 2.19. The molecule has 0 radical (unpaired) electrons. The number of hydrogen-bond donors (Lipinski definition) is 1. The van der Waals surface area contributed by atoms with E-state index in [0.717, 1.165) is 22.4 Å². The van der Waals surface area contributed by atoms with Gasteiger partial charge in [-0.2, -0.15) is 5.10 Å². The van der Waals surface area contributed by atoms with Gasteiger partial charge >= 0.3 is 0 Å². The summed E-state index contributed by atoms with van der Waals surface area (Å²) in [7, 11) is 1.62. The number of amides is 1. The fourth-order valence-corrected chi connectivity index (χ4v) is 3.73. The average molecular weight is 441 g/mol. The molecule has 0 saturated carbocycles. The van der Waals surface area contributed by atoms with Crippen LogP contribution in [0.3, 0.4) is 0 Å². The molecule has 0 unspecified atom stereocenters. The maximum atomic E-state index is 13.2. The minimum Gasteiger partial charge on any atom is -0.497 e. The summed E-state index contributed by atoms with van der Waals surface area (Å²) in [6.07, 6.45) is 1.79. The van der Waals surface area contributed by atoms with Crippen molar-refractivity contribution in [2.75, 3.05) is 13.9 Å². The lowest BCUT2D eigenvalue weighted by Crippen LogP contribution is -2.23. The maximum absolute atomic E-state index is 13.2. The van der Waals surface area contributed by atoms with Crippen LogP contribution in [0.25, 0.3) is 11.3 Å². The highest BCUT2D eigenvalue weighted by atomic mass is 16.7. The first kappa shape index (κ1) is 20.6. The minimum atomic E-state index is -0.196.